The van der Waals surface area contributed by atoms with E-state index in [9.17, 15) is 14.7 Å². The third kappa shape index (κ3) is 4.30. The fourth-order valence-corrected chi connectivity index (χ4v) is 2.27. The molecule has 1 aromatic heterocycles. The van der Waals surface area contributed by atoms with Gasteiger partial charge in [-0.2, -0.15) is 10.4 Å². The normalized spacial score (nSPS) is 11.1. The predicted octanol–water partition coefficient (Wildman–Crippen LogP) is 0.845. The molecule has 0 aliphatic rings. The molecule has 0 radical (unpaired) electrons. The number of aromatic nitrogens is 2. The van der Waals surface area contributed by atoms with Crippen molar-refractivity contribution in [1.29, 1.82) is 5.26 Å². The lowest BCUT2D eigenvalue weighted by atomic mass is 10.1. The summed E-state index contributed by atoms with van der Waals surface area (Å²) in [6, 6.07) is 8.80. The molecule has 122 valence electrons. The third-order valence-corrected chi connectivity index (χ3v) is 3.66. The first-order valence-electron chi connectivity index (χ1n) is 6.85. The maximum Gasteiger partial charge on any atom is 0.219 e. The lowest BCUT2D eigenvalue weighted by Gasteiger charge is -2.01. The average Bonchev–Trinajstić information content (AvgIpc) is 2.94. The van der Waals surface area contributed by atoms with Crippen molar-refractivity contribution in [2.75, 3.05) is 0 Å². The van der Waals surface area contributed by atoms with Gasteiger partial charge in [-0.25, -0.2) is 0 Å². The van der Waals surface area contributed by atoms with E-state index in [1.165, 1.54) is 10.8 Å². The number of carboxylic acid groups (broad SMARTS) is 1. The van der Waals surface area contributed by atoms with Crippen molar-refractivity contribution in [3.63, 3.8) is 0 Å². The third-order valence-electron chi connectivity index (χ3n) is 3.14. The maximum absolute atomic E-state index is 11.0. The number of carbonyl (C=O) groups is 2. The lowest BCUT2D eigenvalue weighted by Crippen LogP contribution is -2.23. The summed E-state index contributed by atoms with van der Waals surface area (Å²) in [5, 5.41) is 24.2. The highest BCUT2D eigenvalue weighted by Gasteiger charge is 2.12. The van der Waals surface area contributed by atoms with Crippen LogP contribution in [0.5, 0.6) is 0 Å². The lowest BCUT2D eigenvalue weighted by molar-refractivity contribution is -0.298. The van der Waals surface area contributed by atoms with E-state index in [1.807, 2.05) is 12.1 Å². The molecule has 0 atom stereocenters. The fourth-order valence-electron chi connectivity index (χ4n) is 2.01. The number of nitrogens with two attached hydrogens (primary N) is 1. The number of benzene rings is 1. The number of carbonyl (C=O) groups excluding carboxylic acids is 2. The summed E-state index contributed by atoms with van der Waals surface area (Å²) in [5.41, 5.74) is 6.27. The van der Waals surface area contributed by atoms with Crippen LogP contribution in [0.3, 0.4) is 0 Å². The van der Waals surface area contributed by atoms with Crippen LogP contribution in [-0.4, -0.2) is 21.7 Å². The molecule has 1 aromatic carbocycles. The van der Waals surface area contributed by atoms with Crippen molar-refractivity contribution >= 4 is 33.9 Å². The molecule has 0 spiro atoms. The quantitative estimate of drug-likeness (QED) is 0.580. The minimum absolute atomic E-state index is 0.0935. The van der Waals surface area contributed by atoms with Gasteiger partial charge in [0.15, 0.2) is 0 Å². The molecule has 0 aliphatic carbocycles. The smallest absolute Gasteiger partial charge is 0.219 e. The number of aryl methyl sites for hydroxylation is 1. The zero-order chi connectivity index (χ0) is 17.7. The summed E-state index contributed by atoms with van der Waals surface area (Å²) in [5.74, 6) is -2.04. The molecule has 7 nitrogen and oxygen atoms in total. The molecule has 0 aliphatic heterocycles. The Kier molecular flexibility index (Phi) is 5.50. The number of nitrogens with zero attached hydrogens (tertiary/aromatic N) is 3. The highest BCUT2D eigenvalue weighted by Crippen LogP contribution is 2.25. The molecule has 0 bridgehead atoms. The topological polar surface area (TPSA) is 125 Å². The predicted molar refractivity (Wildman–Crippen MR) is 87.8 cm³/mol. The Balaban J connectivity index is 2.50. The van der Waals surface area contributed by atoms with E-state index >= 15 is 0 Å². The first-order chi connectivity index (χ1) is 11.4. The standard InChI is InChI=1S/C16H13BrN4O3/c17-13-3-1-10(2-4-13)15-12(7-11(8-18)16(23)24)9-21(20-15)6-5-14(19)22/h1-4,7,9H,5-6H2,(H2,19,22)(H,23,24)/p-1/b11-7+. The van der Waals surface area contributed by atoms with Gasteiger partial charge in [-0.1, -0.05) is 28.1 Å². The van der Waals surface area contributed by atoms with Crippen LogP contribution >= 0.6 is 15.9 Å². The van der Waals surface area contributed by atoms with E-state index in [2.05, 4.69) is 21.0 Å². The number of rotatable bonds is 6. The number of nitriles is 1. The minimum atomic E-state index is -1.57. The zero-order valence-corrected chi connectivity index (χ0v) is 14.0. The van der Waals surface area contributed by atoms with Gasteiger partial charge < -0.3 is 15.6 Å². The van der Waals surface area contributed by atoms with Gasteiger partial charge in [0.25, 0.3) is 0 Å². The average molecular weight is 388 g/mol. The Morgan fingerprint density at radius 2 is 2.04 bits per heavy atom. The Bertz CT molecular complexity index is 847. The highest BCUT2D eigenvalue weighted by atomic mass is 79.9. The summed E-state index contributed by atoms with van der Waals surface area (Å²) < 4.78 is 2.36. The number of carboxylic acids is 1. The van der Waals surface area contributed by atoms with Crippen molar-refractivity contribution in [3.05, 3.63) is 46.1 Å². The second kappa shape index (κ2) is 7.57. The van der Waals surface area contributed by atoms with E-state index in [4.69, 9.17) is 11.0 Å². The first kappa shape index (κ1) is 17.4. The van der Waals surface area contributed by atoms with E-state index < -0.39 is 17.4 Å². The number of hydrogen-bond acceptors (Lipinski definition) is 5. The second-order valence-corrected chi connectivity index (χ2v) is 5.79. The number of halogens is 1. The van der Waals surface area contributed by atoms with Gasteiger partial charge in [0, 0.05) is 34.8 Å². The fraction of sp³-hybridized carbons (Fsp3) is 0.125. The summed E-state index contributed by atoms with van der Waals surface area (Å²) in [7, 11) is 0. The molecule has 2 N–H and O–H groups in total. The van der Waals surface area contributed by atoms with Crippen LogP contribution in [0, 0.1) is 11.3 Å². The summed E-state index contributed by atoms with van der Waals surface area (Å²) >= 11 is 3.34. The van der Waals surface area contributed by atoms with Crippen LogP contribution < -0.4 is 10.8 Å². The number of hydrogen-bond donors (Lipinski definition) is 1. The summed E-state index contributed by atoms with van der Waals surface area (Å²) in [6.45, 7) is 0.250. The summed E-state index contributed by atoms with van der Waals surface area (Å²) in [6.07, 6.45) is 2.84. The minimum Gasteiger partial charge on any atom is -0.544 e. The Hall–Kier alpha value is -2.92. The Labute approximate surface area is 146 Å². The number of primary amides is 1. The van der Waals surface area contributed by atoms with Gasteiger partial charge in [0.05, 0.1) is 17.2 Å². The molecular weight excluding hydrogens is 376 g/mol. The van der Waals surface area contributed by atoms with Gasteiger partial charge in [-0.3, -0.25) is 9.48 Å². The largest absolute Gasteiger partial charge is 0.544 e. The van der Waals surface area contributed by atoms with Crippen molar-refractivity contribution < 1.29 is 14.7 Å². The molecule has 2 aromatic rings. The van der Waals surface area contributed by atoms with Crippen LogP contribution in [0.4, 0.5) is 0 Å². The molecule has 1 heterocycles. The van der Waals surface area contributed by atoms with Crippen LogP contribution in [0.15, 0.2) is 40.5 Å². The van der Waals surface area contributed by atoms with Gasteiger partial charge in [-0.05, 0) is 18.2 Å². The highest BCUT2D eigenvalue weighted by molar-refractivity contribution is 9.10. The Morgan fingerprint density at radius 3 is 2.58 bits per heavy atom. The monoisotopic (exact) mass is 387 g/mol. The van der Waals surface area contributed by atoms with Gasteiger partial charge in [-0.15, -0.1) is 0 Å². The van der Waals surface area contributed by atoms with Gasteiger partial charge in [0.2, 0.25) is 5.91 Å². The van der Waals surface area contributed by atoms with Crippen molar-refractivity contribution in [1.82, 2.24) is 9.78 Å². The molecule has 0 saturated heterocycles. The van der Waals surface area contributed by atoms with Gasteiger partial charge in [0.1, 0.15) is 6.07 Å². The van der Waals surface area contributed by atoms with Crippen molar-refractivity contribution in [2.24, 2.45) is 5.73 Å². The van der Waals surface area contributed by atoms with Crippen LogP contribution in [0.1, 0.15) is 12.0 Å². The number of aliphatic carboxylic acids is 1. The first-order valence-corrected chi connectivity index (χ1v) is 7.65. The van der Waals surface area contributed by atoms with E-state index in [-0.39, 0.29) is 13.0 Å². The van der Waals surface area contributed by atoms with Crippen LogP contribution in [0.2, 0.25) is 0 Å². The van der Waals surface area contributed by atoms with E-state index in [1.54, 1.807) is 24.4 Å². The van der Waals surface area contributed by atoms with E-state index in [0.717, 1.165) is 10.0 Å². The summed E-state index contributed by atoms with van der Waals surface area (Å²) in [4.78, 5) is 21.9. The number of amides is 1. The molecule has 8 heteroatoms. The zero-order valence-electron chi connectivity index (χ0n) is 12.4. The molecule has 2 rings (SSSR count). The Morgan fingerprint density at radius 1 is 1.38 bits per heavy atom. The maximum atomic E-state index is 11.0. The molecule has 0 fully saturated rings. The molecule has 1 amide bonds. The molecule has 24 heavy (non-hydrogen) atoms. The van der Waals surface area contributed by atoms with Crippen LogP contribution in [-0.2, 0) is 16.1 Å². The molecular formula is C16H12BrN4O3-. The SMILES string of the molecule is N#C/C(=C\c1cn(CCC(N)=O)nc1-c1ccc(Br)cc1)C(=O)[O-]. The van der Waals surface area contributed by atoms with E-state index in [0.29, 0.717) is 11.3 Å². The van der Waals surface area contributed by atoms with Crippen LogP contribution in [0.25, 0.3) is 17.3 Å². The van der Waals surface area contributed by atoms with Crippen molar-refractivity contribution in [3.8, 4) is 17.3 Å². The second-order valence-electron chi connectivity index (χ2n) is 4.88. The van der Waals surface area contributed by atoms with Crippen molar-refractivity contribution in [2.45, 2.75) is 13.0 Å². The molecule has 0 unspecified atom stereocenters. The van der Waals surface area contributed by atoms with Gasteiger partial charge >= 0.3 is 0 Å². The molecule has 0 saturated carbocycles.